The smallest absolute Gasteiger partial charge is 0.223 e. The van der Waals surface area contributed by atoms with Crippen molar-refractivity contribution < 1.29 is 4.79 Å². The number of likely N-dealkylation sites (tertiary alicyclic amines) is 1. The van der Waals surface area contributed by atoms with Gasteiger partial charge in [0.15, 0.2) is 0 Å². The summed E-state index contributed by atoms with van der Waals surface area (Å²) in [5.74, 6) is 0.599. The first-order valence-electron chi connectivity index (χ1n) is 8.02. The molecule has 1 aliphatic rings. The summed E-state index contributed by atoms with van der Waals surface area (Å²) < 4.78 is 0. The molecular formula is C18H28N2O. The number of nitrogens with zero attached hydrogens (tertiary/aromatic N) is 1. The van der Waals surface area contributed by atoms with Crippen molar-refractivity contribution in [3.8, 4) is 0 Å². The fourth-order valence-electron chi connectivity index (χ4n) is 3.08. The van der Waals surface area contributed by atoms with Gasteiger partial charge >= 0.3 is 0 Å². The number of rotatable bonds is 5. The lowest BCUT2D eigenvalue weighted by atomic mass is 9.90. The third-order valence-electron chi connectivity index (χ3n) is 4.87. The van der Waals surface area contributed by atoms with Crippen molar-refractivity contribution in [3.63, 3.8) is 0 Å². The van der Waals surface area contributed by atoms with Gasteiger partial charge in [-0.3, -0.25) is 4.79 Å². The summed E-state index contributed by atoms with van der Waals surface area (Å²) >= 11 is 0. The van der Waals surface area contributed by atoms with Gasteiger partial charge < -0.3 is 10.6 Å². The monoisotopic (exact) mass is 288 g/mol. The van der Waals surface area contributed by atoms with Crippen LogP contribution in [0.3, 0.4) is 0 Å². The van der Waals surface area contributed by atoms with Crippen LogP contribution in [0.25, 0.3) is 0 Å². The molecular weight excluding hydrogens is 260 g/mol. The average molecular weight is 288 g/mol. The van der Waals surface area contributed by atoms with Crippen LogP contribution in [-0.2, 0) is 4.79 Å². The van der Waals surface area contributed by atoms with E-state index in [1.807, 2.05) is 4.90 Å². The standard InChI is InChI=1S/C18H28N2O/c1-4-15(16-7-5-14(2)6-8-16)11-17(21)20-10-9-18(3,12-19)13-20/h5-8,15H,4,9-13,19H2,1-3H3. The number of hydrogen-bond donors (Lipinski definition) is 1. The van der Waals surface area contributed by atoms with Gasteiger partial charge in [0, 0.05) is 19.5 Å². The molecule has 0 spiro atoms. The number of amides is 1. The van der Waals surface area contributed by atoms with E-state index in [-0.39, 0.29) is 11.3 Å². The Bertz CT molecular complexity index is 482. The largest absolute Gasteiger partial charge is 0.342 e. The van der Waals surface area contributed by atoms with Crippen molar-refractivity contribution in [1.29, 1.82) is 0 Å². The van der Waals surface area contributed by atoms with E-state index in [9.17, 15) is 4.79 Å². The van der Waals surface area contributed by atoms with Gasteiger partial charge in [-0.05, 0) is 43.2 Å². The predicted octanol–water partition coefficient (Wildman–Crippen LogP) is 3.08. The molecule has 0 aromatic heterocycles. The quantitative estimate of drug-likeness (QED) is 0.905. The fraction of sp³-hybridized carbons (Fsp3) is 0.611. The van der Waals surface area contributed by atoms with E-state index in [0.29, 0.717) is 18.9 Å². The molecule has 3 heteroatoms. The van der Waals surface area contributed by atoms with Crippen molar-refractivity contribution in [1.82, 2.24) is 4.90 Å². The van der Waals surface area contributed by atoms with E-state index in [0.717, 1.165) is 25.9 Å². The molecule has 3 nitrogen and oxygen atoms in total. The number of aryl methyl sites for hydroxylation is 1. The summed E-state index contributed by atoms with van der Waals surface area (Å²) in [5.41, 5.74) is 8.47. The molecule has 1 aromatic rings. The number of benzene rings is 1. The molecule has 0 bridgehead atoms. The predicted molar refractivity (Wildman–Crippen MR) is 87.2 cm³/mol. The van der Waals surface area contributed by atoms with Gasteiger partial charge in [0.1, 0.15) is 0 Å². The van der Waals surface area contributed by atoms with Crippen molar-refractivity contribution in [2.24, 2.45) is 11.1 Å². The topological polar surface area (TPSA) is 46.3 Å². The molecule has 1 saturated heterocycles. The zero-order valence-electron chi connectivity index (χ0n) is 13.6. The fourth-order valence-corrected chi connectivity index (χ4v) is 3.08. The Hall–Kier alpha value is -1.35. The number of carbonyl (C=O) groups is 1. The third kappa shape index (κ3) is 3.85. The van der Waals surface area contributed by atoms with Crippen molar-refractivity contribution >= 4 is 5.91 Å². The van der Waals surface area contributed by atoms with Crippen LogP contribution in [-0.4, -0.2) is 30.4 Å². The zero-order chi connectivity index (χ0) is 15.5. The van der Waals surface area contributed by atoms with Crippen molar-refractivity contribution in [2.45, 2.75) is 46.0 Å². The highest BCUT2D eigenvalue weighted by Gasteiger charge is 2.35. The van der Waals surface area contributed by atoms with E-state index in [1.165, 1.54) is 11.1 Å². The van der Waals surface area contributed by atoms with Gasteiger partial charge in [0.2, 0.25) is 5.91 Å². The lowest BCUT2D eigenvalue weighted by molar-refractivity contribution is -0.130. The van der Waals surface area contributed by atoms with Crippen LogP contribution < -0.4 is 5.73 Å². The summed E-state index contributed by atoms with van der Waals surface area (Å²) in [7, 11) is 0. The van der Waals surface area contributed by atoms with Crippen LogP contribution in [0, 0.1) is 12.3 Å². The Morgan fingerprint density at radius 2 is 2.05 bits per heavy atom. The molecule has 2 N–H and O–H groups in total. The van der Waals surface area contributed by atoms with Crippen LogP contribution >= 0.6 is 0 Å². The molecule has 21 heavy (non-hydrogen) atoms. The van der Waals surface area contributed by atoms with E-state index in [2.05, 4.69) is 45.0 Å². The highest BCUT2D eigenvalue weighted by molar-refractivity contribution is 5.77. The average Bonchev–Trinajstić information content (AvgIpc) is 2.89. The number of nitrogens with two attached hydrogens (primary N) is 1. The first-order valence-corrected chi connectivity index (χ1v) is 8.02. The molecule has 1 fully saturated rings. The van der Waals surface area contributed by atoms with Crippen molar-refractivity contribution in [3.05, 3.63) is 35.4 Å². The molecule has 2 rings (SSSR count). The van der Waals surface area contributed by atoms with Gasteiger partial charge in [-0.25, -0.2) is 0 Å². The molecule has 1 amide bonds. The van der Waals surface area contributed by atoms with Gasteiger partial charge in [-0.1, -0.05) is 43.7 Å². The second-order valence-electron chi connectivity index (χ2n) is 6.80. The molecule has 0 saturated carbocycles. The maximum atomic E-state index is 12.5. The summed E-state index contributed by atoms with van der Waals surface area (Å²) in [5, 5.41) is 0. The highest BCUT2D eigenvalue weighted by atomic mass is 16.2. The zero-order valence-corrected chi connectivity index (χ0v) is 13.6. The van der Waals surface area contributed by atoms with Gasteiger partial charge in [-0.2, -0.15) is 0 Å². The van der Waals surface area contributed by atoms with Crippen LogP contribution in [0.1, 0.15) is 50.2 Å². The summed E-state index contributed by atoms with van der Waals surface area (Å²) in [6.45, 7) is 8.76. The Morgan fingerprint density at radius 3 is 2.57 bits per heavy atom. The van der Waals surface area contributed by atoms with Crippen LogP contribution in [0.2, 0.25) is 0 Å². The van der Waals surface area contributed by atoms with Crippen LogP contribution in [0.5, 0.6) is 0 Å². The molecule has 1 heterocycles. The maximum Gasteiger partial charge on any atom is 0.223 e. The molecule has 1 aliphatic heterocycles. The van der Waals surface area contributed by atoms with E-state index in [4.69, 9.17) is 5.73 Å². The summed E-state index contributed by atoms with van der Waals surface area (Å²) in [4.78, 5) is 14.5. The molecule has 0 radical (unpaired) electrons. The van der Waals surface area contributed by atoms with Gasteiger partial charge in [0.05, 0.1) is 0 Å². The molecule has 0 aliphatic carbocycles. The molecule has 1 aromatic carbocycles. The summed E-state index contributed by atoms with van der Waals surface area (Å²) in [6.07, 6.45) is 2.63. The van der Waals surface area contributed by atoms with Gasteiger partial charge in [-0.15, -0.1) is 0 Å². The number of carbonyl (C=O) groups excluding carboxylic acids is 1. The third-order valence-corrected chi connectivity index (χ3v) is 4.87. The van der Waals surface area contributed by atoms with Crippen LogP contribution in [0.4, 0.5) is 0 Å². The first kappa shape index (κ1) is 16.0. The SMILES string of the molecule is CCC(CC(=O)N1CCC(C)(CN)C1)c1ccc(C)cc1. The normalized spacial score (nSPS) is 23.3. The van der Waals surface area contributed by atoms with E-state index in [1.54, 1.807) is 0 Å². The lowest BCUT2D eigenvalue weighted by Gasteiger charge is -2.24. The van der Waals surface area contributed by atoms with E-state index < -0.39 is 0 Å². The Balaban J connectivity index is 1.99. The minimum atomic E-state index is 0.112. The van der Waals surface area contributed by atoms with Gasteiger partial charge in [0.25, 0.3) is 0 Å². The number of hydrogen-bond acceptors (Lipinski definition) is 2. The summed E-state index contributed by atoms with van der Waals surface area (Å²) in [6, 6.07) is 8.57. The maximum absolute atomic E-state index is 12.5. The molecule has 116 valence electrons. The van der Waals surface area contributed by atoms with Crippen LogP contribution in [0.15, 0.2) is 24.3 Å². The second-order valence-corrected chi connectivity index (χ2v) is 6.80. The Kier molecular flexibility index (Phi) is 5.04. The minimum Gasteiger partial charge on any atom is -0.342 e. The molecule has 2 atom stereocenters. The molecule has 2 unspecified atom stereocenters. The second kappa shape index (κ2) is 6.61. The van der Waals surface area contributed by atoms with E-state index >= 15 is 0 Å². The van der Waals surface area contributed by atoms with Crippen molar-refractivity contribution in [2.75, 3.05) is 19.6 Å². The minimum absolute atomic E-state index is 0.112. The Labute approximate surface area is 128 Å². The first-order chi connectivity index (χ1) is 9.97. The highest BCUT2D eigenvalue weighted by Crippen LogP contribution is 2.31. The lowest BCUT2D eigenvalue weighted by Crippen LogP contribution is -2.35. The Morgan fingerprint density at radius 1 is 1.38 bits per heavy atom.